The molecular formula is C13H22N2O. The van der Waals surface area contributed by atoms with Gasteiger partial charge in [-0.25, -0.2) is 0 Å². The first-order valence-electron chi connectivity index (χ1n) is 6.10. The van der Waals surface area contributed by atoms with Crippen molar-refractivity contribution < 1.29 is 4.79 Å². The van der Waals surface area contributed by atoms with Gasteiger partial charge in [0.25, 0.3) is 0 Å². The van der Waals surface area contributed by atoms with E-state index in [1.54, 1.807) is 12.2 Å². The van der Waals surface area contributed by atoms with E-state index in [4.69, 9.17) is 0 Å². The number of carbonyl (C=O) groups is 1. The second-order valence-corrected chi connectivity index (χ2v) is 4.01. The normalized spacial score (nSPS) is 21.8. The second kappa shape index (κ2) is 7.23. The van der Waals surface area contributed by atoms with Crippen molar-refractivity contribution in [3.05, 3.63) is 24.3 Å². The minimum Gasteiger partial charge on any atom is -0.335 e. The van der Waals surface area contributed by atoms with Crippen molar-refractivity contribution in [2.75, 3.05) is 19.6 Å². The zero-order chi connectivity index (χ0) is 11.8. The van der Waals surface area contributed by atoms with Gasteiger partial charge in [0.1, 0.15) is 0 Å². The monoisotopic (exact) mass is 222 g/mol. The van der Waals surface area contributed by atoms with Gasteiger partial charge in [0.2, 0.25) is 5.91 Å². The van der Waals surface area contributed by atoms with Crippen LogP contribution in [-0.4, -0.2) is 36.5 Å². The fourth-order valence-corrected chi connectivity index (χ4v) is 2.04. The predicted octanol–water partition coefficient (Wildman–Crippen LogP) is 1.72. The van der Waals surface area contributed by atoms with Crippen molar-refractivity contribution in [2.24, 2.45) is 0 Å². The molecule has 0 aromatic heterocycles. The number of hydrogen-bond acceptors (Lipinski definition) is 2. The molecule has 0 radical (unpaired) electrons. The van der Waals surface area contributed by atoms with E-state index in [1.165, 1.54) is 0 Å². The van der Waals surface area contributed by atoms with E-state index in [0.29, 0.717) is 6.04 Å². The summed E-state index contributed by atoms with van der Waals surface area (Å²) in [6.45, 7) is 6.77. The number of likely N-dealkylation sites (N-methyl/N-ethyl adjacent to an activating group) is 1. The van der Waals surface area contributed by atoms with Crippen LogP contribution in [0.1, 0.15) is 26.7 Å². The summed E-state index contributed by atoms with van der Waals surface area (Å²) in [5.41, 5.74) is 0. The minimum atomic E-state index is 0.120. The van der Waals surface area contributed by atoms with Crippen molar-refractivity contribution in [1.82, 2.24) is 10.2 Å². The summed E-state index contributed by atoms with van der Waals surface area (Å²) in [4.78, 5) is 13.9. The van der Waals surface area contributed by atoms with Crippen LogP contribution in [0, 0.1) is 0 Å². The molecule has 0 bridgehead atoms. The van der Waals surface area contributed by atoms with Crippen LogP contribution in [0.3, 0.4) is 0 Å². The van der Waals surface area contributed by atoms with E-state index in [9.17, 15) is 4.79 Å². The van der Waals surface area contributed by atoms with Gasteiger partial charge in [-0.1, -0.05) is 18.2 Å². The highest BCUT2D eigenvalue weighted by Gasteiger charge is 2.22. The highest BCUT2D eigenvalue weighted by Crippen LogP contribution is 2.10. The molecule has 1 heterocycles. The van der Waals surface area contributed by atoms with E-state index in [0.717, 1.165) is 32.5 Å². The van der Waals surface area contributed by atoms with Crippen molar-refractivity contribution in [3.63, 3.8) is 0 Å². The molecule has 1 rings (SSSR count). The zero-order valence-corrected chi connectivity index (χ0v) is 10.3. The summed E-state index contributed by atoms with van der Waals surface area (Å²) in [7, 11) is 0. The SMILES string of the molecule is CC=CC=CC(=O)N(CC)C1CCCNC1. The molecule has 1 atom stereocenters. The third kappa shape index (κ3) is 3.81. The number of hydrogen-bond donors (Lipinski definition) is 1. The van der Waals surface area contributed by atoms with Gasteiger partial charge >= 0.3 is 0 Å². The van der Waals surface area contributed by atoms with Crippen LogP contribution in [-0.2, 0) is 4.79 Å². The van der Waals surface area contributed by atoms with Crippen LogP contribution in [0.15, 0.2) is 24.3 Å². The van der Waals surface area contributed by atoms with E-state index < -0.39 is 0 Å². The van der Waals surface area contributed by atoms with E-state index in [1.807, 2.05) is 30.9 Å². The molecule has 3 heteroatoms. The first-order chi connectivity index (χ1) is 7.79. The smallest absolute Gasteiger partial charge is 0.246 e. The predicted molar refractivity (Wildman–Crippen MR) is 67.2 cm³/mol. The Bertz CT molecular complexity index is 265. The van der Waals surface area contributed by atoms with Crippen LogP contribution >= 0.6 is 0 Å². The summed E-state index contributed by atoms with van der Waals surface area (Å²) < 4.78 is 0. The van der Waals surface area contributed by atoms with Crippen molar-refractivity contribution >= 4 is 5.91 Å². The minimum absolute atomic E-state index is 0.120. The fourth-order valence-electron chi connectivity index (χ4n) is 2.04. The largest absolute Gasteiger partial charge is 0.335 e. The van der Waals surface area contributed by atoms with Crippen LogP contribution in [0.5, 0.6) is 0 Å². The quantitative estimate of drug-likeness (QED) is 0.580. The third-order valence-corrected chi connectivity index (χ3v) is 2.88. The number of piperidine rings is 1. The van der Waals surface area contributed by atoms with Crippen molar-refractivity contribution in [3.8, 4) is 0 Å². The first-order valence-corrected chi connectivity index (χ1v) is 6.10. The number of allylic oxidation sites excluding steroid dienone is 3. The number of amides is 1. The molecule has 0 aromatic rings. The van der Waals surface area contributed by atoms with Crippen LogP contribution < -0.4 is 5.32 Å². The summed E-state index contributed by atoms with van der Waals surface area (Å²) in [5.74, 6) is 0.120. The average Bonchev–Trinajstić information content (AvgIpc) is 2.32. The first kappa shape index (κ1) is 13.0. The Labute approximate surface area is 98.2 Å². The Morgan fingerprint density at radius 2 is 2.31 bits per heavy atom. The van der Waals surface area contributed by atoms with Crippen molar-refractivity contribution in [2.45, 2.75) is 32.7 Å². The maximum Gasteiger partial charge on any atom is 0.246 e. The molecule has 16 heavy (non-hydrogen) atoms. The van der Waals surface area contributed by atoms with Gasteiger partial charge in [-0.3, -0.25) is 4.79 Å². The number of nitrogens with one attached hydrogen (secondary N) is 1. The van der Waals surface area contributed by atoms with Crippen molar-refractivity contribution in [1.29, 1.82) is 0 Å². The van der Waals surface area contributed by atoms with E-state index in [-0.39, 0.29) is 5.91 Å². The van der Waals surface area contributed by atoms with E-state index >= 15 is 0 Å². The lowest BCUT2D eigenvalue weighted by Crippen LogP contribution is -2.48. The van der Waals surface area contributed by atoms with Crippen LogP contribution in [0.4, 0.5) is 0 Å². The Morgan fingerprint density at radius 1 is 1.50 bits per heavy atom. The summed E-state index contributed by atoms with van der Waals surface area (Å²) in [5, 5.41) is 3.34. The van der Waals surface area contributed by atoms with Gasteiger partial charge in [-0.2, -0.15) is 0 Å². The summed E-state index contributed by atoms with van der Waals surface area (Å²) in [6, 6.07) is 0.363. The molecule has 90 valence electrons. The molecule has 1 fully saturated rings. The Hall–Kier alpha value is -1.09. The number of nitrogens with zero attached hydrogens (tertiary/aromatic N) is 1. The molecule has 0 aliphatic carbocycles. The highest BCUT2D eigenvalue weighted by atomic mass is 16.2. The maximum atomic E-state index is 11.9. The molecule has 0 saturated carbocycles. The Kier molecular flexibility index (Phi) is 5.86. The molecule has 1 saturated heterocycles. The molecule has 3 nitrogen and oxygen atoms in total. The zero-order valence-electron chi connectivity index (χ0n) is 10.3. The summed E-state index contributed by atoms with van der Waals surface area (Å²) in [6.07, 6.45) is 9.53. The molecule has 1 aliphatic rings. The molecular weight excluding hydrogens is 200 g/mol. The summed E-state index contributed by atoms with van der Waals surface area (Å²) >= 11 is 0. The molecule has 0 aromatic carbocycles. The van der Waals surface area contributed by atoms with Gasteiger partial charge in [0.15, 0.2) is 0 Å². The van der Waals surface area contributed by atoms with Crippen LogP contribution in [0.2, 0.25) is 0 Å². The maximum absolute atomic E-state index is 11.9. The highest BCUT2D eigenvalue weighted by molar-refractivity contribution is 5.88. The molecule has 1 amide bonds. The number of rotatable bonds is 4. The average molecular weight is 222 g/mol. The molecule has 1 N–H and O–H groups in total. The molecule has 1 aliphatic heterocycles. The lowest BCUT2D eigenvalue weighted by atomic mass is 10.1. The Balaban J connectivity index is 2.54. The standard InChI is InChI=1S/C13H22N2O/c1-3-5-6-9-13(16)15(4-2)12-8-7-10-14-11-12/h3,5-6,9,12,14H,4,7-8,10-11H2,1-2H3. The second-order valence-electron chi connectivity index (χ2n) is 4.01. The Morgan fingerprint density at radius 3 is 2.88 bits per heavy atom. The molecule has 0 spiro atoms. The van der Waals surface area contributed by atoms with Gasteiger partial charge in [-0.05, 0) is 33.2 Å². The third-order valence-electron chi connectivity index (χ3n) is 2.88. The number of carbonyl (C=O) groups excluding carboxylic acids is 1. The van der Waals surface area contributed by atoms with Gasteiger partial charge in [-0.15, -0.1) is 0 Å². The van der Waals surface area contributed by atoms with Gasteiger partial charge in [0, 0.05) is 25.2 Å². The van der Waals surface area contributed by atoms with Crippen LogP contribution in [0.25, 0.3) is 0 Å². The van der Waals surface area contributed by atoms with E-state index in [2.05, 4.69) is 5.32 Å². The van der Waals surface area contributed by atoms with Gasteiger partial charge < -0.3 is 10.2 Å². The molecule has 1 unspecified atom stereocenters. The fraction of sp³-hybridized carbons (Fsp3) is 0.615. The van der Waals surface area contributed by atoms with Gasteiger partial charge in [0.05, 0.1) is 0 Å². The lowest BCUT2D eigenvalue weighted by Gasteiger charge is -2.33. The topological polar surface area (TPSA) is 32.3 Å². The lowest BCUT2D eigenvalue weighted by molar-refractivity contribution is -0.128.